The van der Waals surface area contributed by atoms with E-state index in [4.69, 9.17) is 9.97 Å². The van der Waals surface area contributed by atoms with Gasteiger partial charge in [0.05, 0.1) is 22.6 Å². The molecular weight excluding hydrogens is 556 g/mol. The highest BCUT2D eigenvalue weighted by atomic mass is 14.7. The minimum atomic E-state index is 0.960. The molecule has 0 atom stereocenters. The number of hydrogen-bond donors (Lipinski definition) is 0. The predicted octanol–water partition coefficient (Wildman–Crippen LogP) is 11.8. The van der Waals surface area contributed by atoms with E-state index < -0.39 is 0 Å². The van der Waals surface area contributed by atoms with Crippen LogP contribution in [0.3, 0.4) is 0 Å². The van der Waals surface area contributed by atoms with Crippen molar-refractivity contribution in [1.82, 2.24) is 9.97 Å². The number of rotatable bonds is 4. The first-order valence-electron chi connectivity index (χ1n) is 15.7. The lowest BCUT2D eigenvalue weighted by Crippen LogP contribution is -1.93. The summed E-state index contributed by atoms with van der Waals surface area (Å²) in [6.45, 7) is 0. The fraction of sp³-hybridized carbons (Fsp3) is 0. The average molecular weight is 585 g/mol. The van der Waals surface area contributed by atoms with Crippen molar-refractivity contribution in [2.75, 3.05) is 0 Å². The molecule has 0 fully saturated rings. The van der Waals surface area contributed by atoms with Gasteiger partial charge in [0.2, 0.25) is 0 Å². The van der Waals surface area contributed by atoms with Crippen molar-refractivity contribution in [2.24, 2.45) is 0 Å². The summed E-state index contributed by atoms with van der Waals surface area (Å²) in [6.07, 6.45) is 0. The summed E-state index contributed by atoms with van der Waals surface area (Å²) >= 11 is 0. The number of benzene rings is 7. The lowest BCUT2D eigenvalue weighted by molar-refractivity contribution is 1.32. The minimum Gasteiger partial charge on any atom is -0.248 e. The molecule has 214 valence electrons. The Balaban J connectivity index is 1.26. The minimum absolute atomic E-state index is 0.960. The Bertz CT molecular complexity index is 2490. The highest BCUT2D eigenvalue weighted by Gasteiger charge is 2.17. The normalized spacial score (nSPS) is 11.5. The van der Waals surface area contributed by atoms with Crippen LogP contribution in [0.15, 0.2) is 170 Å². The first kappa shape index (κ1) is 26.3. The van der Waals surface area contributed by atoms with Crippen molar-refractivity contribution in [1.29, 1.82) is 0 Å². The summed E-state index contributed by atoms with van der Waals surface area (Å²) in [5, 5.41) is 8.63. The molecule has 7 aromatic carbocycles. The quantitative estimate of drug-likeness (QED) is 0.192. The lowest BCUT2D eigenvalue weighted by Gasteiger charge is -2.16. The van der Waals surface area contributed by atoms with Crippen LogP contribution in [-0.2, 0) is 0 Å². The number of para-hydroxylation sites is 1. The zero-order valence-electron chi connectivity index (χ0n) is 25.1. The molecule has 0 spiro atoms. The van der Waals surface area contributed by atoms with Crippen LogP contribution in [-0.4, -0.2) is 9.97 Å². The summed E-state index contributed by atoms with van der Waals surface area (Å²) in [6, 6.07) is 60.1. The molecule has 0 radical (unpaired) electrons. The van der Waals surface area contributed by atoms with Crippen LogP contribution >= 0.6 is 0 Å². The maximum Gasteiger partial charge on any atom is 0.0794 e. The van der Waals surface area contributed by atoms with E-state index >= 15 is 0 Å². The van der Waals surface area contributed by atoms with Crippen LogP contribution in [0.1, 0.15) is 0 Å². The van der Waals surface area contributed by atoms with Gasteiger partial charge in [-0.3, -0.25) is 0 Å². The highest BCUT2D eigenvalue weighted by molar-refractivity contribution is 6.33. The molecule has 0 aliphatic rings. The summed E-state index contributed by atoms with van der Waals surface area (Å²) in [5.41, 5.74) is 9.50. The van der Waals surface area contributed by atoms with Gasteiger partial charge in [-0.1, -0.05) is 152 Å². The first-order valence-corrected chi connectivity index (χ1v) is 15.7. The monoisotopic (exact) mass is 584 g/mol. The van der Waals surface area contributed by atoms with E-state index in [1.807, 2.05) is 12.1 Å². The fourth-order valence-corrected chi connectivity index (χ4v) is 6.87. The molecule has 0 saturated heterocycles. The maximum atomic E-state index is 5.33. The molecule has 2 aromatic heterocycles. The number of hydrogen-bond acceptors (Lipinski definition) is 2. The van der Waals surface area contributed by atoms with Gasteiger partial charge in [-0.15, -0.1) is 0 Å². The number of fused-ring (bicyclic) bond motifs is 8. The molecule has 0 amide bonds. The van der Waals surface area contributed by atoms with Gasteiger partial charge in [-0.25, -0.2) is 9.97 Å². The third kappa shape index (κ3) is 4.35. The third-order valence-corrected chi connectivity index (χ3v) is 9.03. The SMILES string of the molecule is c1ccc(-c2cc(-c3ccc(-c4nc5ccccc5c5c6ccccc6c6ccccc6c45)cc3)cc(-c3ccccc3)n2)cc1. The maximum absolute atomic E-state index is 5.33. The molecule has 2 heterocycles. The van der Waals surface area contributed by atoms with E-state index in [0.717, 1.165) is 50.4 Å². The fourth-order valence-electron chi connectivity index (χ4n) is 6.87. The van der Waals surface area contributed by atoms with Gasteiger partial charge >= 0.3 is 0 Å². The van der Waals surface area contributed by atoms with E-state index in [-0.39, 0.29) is 0 Å². The molecule has 2 nitrogen and oxygen atoms in total. The second-order valence-electron chi connectivity index (χ2n) is 11.8. The molecule has 0 aliphatic heterocycles. The van der Waals surface area contributed by atoms with E-state index in [1.165, 1.54) is 37.7 Å². The van der Waals surface area contributed by atoms with Crippen LogP contribution in [0.2, 0.25) is 0 Å². The van der Waals surface area contributed by atoms with E-state index in [9.17, 15) is 0 Å². The second-order valence-corrected chi connectivity index (χ2v) is 11.8. The lowest BCUT2D eigenvalue weighted by atomic mass is 9.89. The Labute approximate surface area is 267 Å². The van der Waals surface area contributed by atoms with Gasteiger partial charge in [-0.2, -0.15) is 0 Å². The topological polar surface area (TPSA) is 25.8 Å². The molecule has 0 N–H and O–H groups in total. The van der Waals surface area contributed by atoms with Crippen molar-refractivity contribution in [3.8, 4) is 44.9 Å². The average Bonchev–Trinajstić information content (AvgIpc) is 3.15. The summed E-state index contributed by atoms with van der Waals surface area (Å²) in [7, 11) is 0. The molecule has 0 aliphatic carbocycles. The summed E-state index contributed by atoms with van der Waals surface area (Å²) in [4.78, 5) is 10.4. The zero-order valence-corrected chi connectivity index (χ0v) is 25.1. The molecule has 9 rings (SSSR count). The van der Waals surface area contributed by atoms with Crippen LogP contribution < -0.4 is 0 Å². The Morgan fingerprint density at radius 3 is 1.33 bits per heavy atom. The van der Waals surface area contributed by atoms with Gasteiger partial charge in [0.1, 0.15) is 0 Å². The molecular formula is C44H28N2. The predicted molar refractivity (Wildman–Crippen MR) is 194 cm³/mol. The van der Waals surface area contributed by atoms with Crippen molar-refractivity contribution >= 4 is 43.2 Å². The van der Waals surface area contributed by atoms with Gasteiger partial charge in [0.15, 0.2) is 0 Å². The van der Waals surface area contributed by atoms with Crippen LogP contribution in [0.5, 0.6) is 0 Å². The van der Waals surface area contributed by atoms with Gasteiger partial charge < -0.3 is 0 Å². The highest BCUT2D eigenvalue weighted by Crippen LogP contribution is 2.43. The molecule has 0 saturated carbocycles. The van der Waals surface area contributed by atoms with Crippen molar-refractivity contribution in [3.63, 3.8) is 0 Å². The molecule has 2 heteroatoms. The Kier molecular flexibility index (Phi) is 6.17. The first-order chi connectivity index (χ1) is 22.8. The molecule has 0 unspecified atom stereocenters. The third-order valence-electron chi connectivity index (χ3n) is 9.03. The Morgan fingerprint density at radius 1 is 0.283 bits per heavy atom. The summed E-state index contributed by atoms with van der Waals surface area (Å²) in [5.74, 6) is 0. The van der Waals surface area contributed by atoms with Crippen molar-refractivity contribution in [2.45, 2.75) is 0 Å². The smallest absolute Gasteiger partial charge is 0.0794 e. The van der Waals surface area contributed by atoms with Crippen LogP contribution in [0.4, 0.5) is 0 Å². The van der Waals surface area contributed by atoms with Crippen LogP contribution in [0, 0.1) is 0 Å². The van der Waals surface area contributed by atoms with E-state index in [2.05, 4.69) is 158 Å². The Hall–Kier alpha value is -6.12. The van der Waals surface area contributed by atoms with Crippen molar-refractivity contribution in [3.05, 3.63) is 170 Å². The zero-order chi connectivity index (χ0) is 30.5. The second kappa shape index (κ2) is 10.8. The number of pyridine rings is 2. The largest absolute Gasteiger partial charge is 0.248 e. The van der Waals surface area contributed by atoms with E-state index in [0.29, 0.717) is 0 Å². The summed E-state index contributed by atoms with van der Waals surface area (Å²) < 4.78 is 0. The molecule has 9 aromatic rings. The number of nitrogens with zero attached hydrogens (tertiary/aromatic N) is 2. The molecule has 46 heavy (non-hydrogen) atoms. The van der Waals surface area contributed by atoms with E-state index in [1.54, 1.807) is 0 Å². The Morgan fingerprint density at radius 2 is 0.739 bits per heavy atom. The number of aromatic nitrogens is 2. The van der Waals surface area contributed by atoms with Crippen molar-refractivity contribution < 1.29 is 0 Å². The standard InChI is InChI=1S/C44H28N2/c1-3-13-30(14-4-1)40-27-33(28-41(45-40)31-15-5-2-6-16-31)29-23-25-32(26-24-29)44-43-37-20-10-8-18-35(37)34-17-7-9-19-36(34)42(43)38-21-11-12-22-39(38)46-44/h1-28H. The van der Waals surface area contributed by atoms with Gasteiger partial charge in [0.25, 0.3) is 0 Å². The molecule has 0 bridgehead atoms. The van der Waals surface area contributed by atoms with Crippen LogP contribution in [0.25, 0.3) is 88.1 Å². The van der Waals surface area contributed by atoms with Gasteiger partial charge in [-0.05, 0) is 50.9 Å². The van der Waals surface area contributed by atoms with Gasteiger partial charge in [0, 0.05) is 32.8 Å².